The normalized spacial score (nSPS) is 46.7. The fourth-order valence-electron chi connectivity index (χ4n) is 9.16. The third-order valence-corrected chi connectivity index (χ3v) is 10.8. The number of hydrogen-bond donors (Lipinski definition) is 2. The van der Waals surface area contributed by atoms with Gasteiger partial charge in [0.1, 0.15) is 0 Å². The molecule has 0 amide bonds. The molecule has 3 fully saturated rings. The molecular weight excluding hydrogens is 368 g/mol. The number of fused-ring (bicyclic) bond motifs is 5. The lowest BCUT2D eigenvalue weighted by atomic mass is 9.45. The van der Waals surface area contributed by atoms with E-state index in [2.05, 4.69) is 40.7 Å². The highest BCUT2D eigenvalue weighted by atomic mass is 16.3. The van der Waals surface area contributed by atoms with Crippen LogP contribution >= 0.6 is 0 Å². The van der Waals surface area contributed by atoms with Crippen LogP contribution in [0.5, 0.6) is 0 Å². The molecule has 0 aromatic carbocycles. The Morgan fingerprint density at radius 1 is 1.07 bits per heavy atom. The third kappa shape index (κ3) is 3.62. The second kappa shape index (κ2) is 8.54. The quantitative estimate of drug-likeness (QED) is 0.478. The zero-order valence-electron chi connectivity index (χ0n) is 20.4. The molecule has 2 heteroatoms. The molecule has 1 unspecified atom stereocenters. The van der Waals surface area contributed by atoms with Crippen molar-refractivity contribution in [1.29, 1.82) is 0 Å². The van der Waals surface area contributed by atoms with Gasteiger partial charge in [-0.15, -0.1) is 0 Å². The molecule has 30 heavy (non-hydrogen) atoms. The van der Waals surface area contributed by atoms with Gasteiger partial charge < -0.3 is 10.2 Å². The molecule has 3 saturated carbocycles. The molecule has 0 bridgehead atoms. The summed E-state index contributed by atoms with van der Waals surface area (Å²) >= 11 is 0. The van der Waals surface area contributed by atoms with E-state index in [4.69, 9.17) is 0 Å². The monoisotopic (exact) mass is 416 g/mol. The van der Waals surface area contributed by atoms with Gasteiger partial charge in [0.25, 0.3) is 0 Å². The standard InChI is InChI=1S/C28H48O2/c1-18(2)7-6-8-19(3)24-11-12-25-23-10-9-20-15-22(30)16-21(17-29)28(20,5)26(23)13-14-27(24,25)4/h9,18-19,21-26,29-30H,6-8,10-17H2,1-5H3/t19-,21?,22-,23+,24-,25+,26+,27-,28-/m1/s1. The number of allylic oxidation sites excluding steroid dienone is 1. The number of hydrogen-bond acceptors (Lipinski definition) is 2. The number of rotatable bonds is 6. The Labute approximate surface area is 185 Å². The Morgan fingerprint density at radius 3 is 2.53 bits per heavy atom. The predicted molar refractivity (Wildman–Crippen MR) is 125 cm³/mol. The minimum atomic E-state index is -0.255. The van der Waals surface area contributed by atoms with E-state index in [1.165, 1.54) is 56.9 Å². The summed E-state index contributed by atoms with van der Waals surface area (Å²) in [5.74, 6) is 5.17. The van der Waals surface area contributed by atoms with Crippen molar-refractivity contribution < 1.29 is 10.2 Å². The summed E-state index contributed by atoms with van der Waals surface area (Å²) in [6.07, 6.45) is 14.8. The smallest absolute Gasteiger partial charge is 0.0581 e. The van der Waals surface area contributed by atoms with Crippen molar-refractivity contribution in [3.8, 4) is 0 Å². The first-order valence-electron chi connectivity index (χ1n) is 13.2. The van der Waals surface area contributed by atoms with Crippen molar-refractivity contribution in [2.24, 2.45) is 52.3 Å². The number of aliphatic hydroxyl groups is 2. The highest BCUT2D eigenvalue weighted by Crippen LogP contribution is 2.68. The average molecular weight is 417 g/mol. The topological polar surface area (TPSA) is 40.5 Å². The van der Waals surface area contributed by atoms with E-state index in [1.807, 2.05) is 0 Å². The summed E-state index contributed by atoms with van der Waals surface area (Å²) in [7, 11) is 0. The highest BCUT2D eigenvalue weighted by Gasteiger charge is 2.60. The molecule has 4 aliphatic rings. The van der Waals surface area contributed by atoms with Gasteiger partial charge in [0, 0.05) is 6.61 Å². The molecule has 172 valence electrons. The van der Waals surface area contributed by atoms with Crippen LogP contribution in [0.2, 0.25) is 0 Å². The molecule has 0 saturated heterocycles. The second-order valence-electron chi connectivity index (χ2n) is 12.6. The van der Waals surface area contributed by atoms with Gasteiger partial charge in [-0.2, -0.15) is 0 Å². The van der Waals surface area contributed by atoms with Crippen molar-refractivity contribution in [2.75, 3.05) is 6.61 Å². The van der Waals surface area contributed by atoms with Gasteiger partial charge in [-0.1, -0.05) is 65.5 Å². The lowest BCUT2D eigenvalue weighted by Crippen LogP contribution is -2.54. The maximum Gasteiger partial charge on any atom is 0.0581 e. The molecular formula is C28H48O2. The first kappa shape index (κ1) is 22.8. The molecule has 9 atom stereocenters. The van der Waals surface area contributed by atoms with Crippen molar-refractivity contribution in [1.82, 2.24) is 0 Å². The van der Waals surface area contributed by atoms with Gasteiger partial charge in [-0.05, 0) is 97.2 Å². The Balaban J connectivity index is 1.53. The maximum atomic E-state index is 10.4. The molecule has 0 spiro atoms. The molecule has 0 aromatic heterocycles. The summed E-state index contributed by atoms with van der Waals surface area (Å²) in [5.41, 5.74) is 2.10. The minimum absolute atomic E-state index is 0.110. The Kier molecular flexibility index (Phi) is 6.50. The van der Waals surface area contributed by atoms with E-state index in [9.17, 15) is 10.2 Å². The van der Waals surface area contributed by atoms with Crippen molar-refractivity contribution >= 4 is 0 Å². The van der Waals surface area contributed by atoms with Crippen LogP contribution in [-0.2, 0) is 0 Å². The predicted octanol–water partition coefficient (Wildman–Crippen LogP) is 6.61. The van der Waals surface area contributed by atoms with Crippen molar-refractivity contribution in [3.63, 3.8) is 0 Å². The fraction of sp³-hybridized carbons (Fsp3) is 0.929. The van der Waals surface area contributed by atoms with Crippen LogP contribution in [0.25, 0.3) is 0 Å². The zero-order chi connectivity index (χ0) is 21.7. The van der Waals surface area contributed by atoms with Crippen LogP contribution in [0.15, 0.2) is 11.6 Å². The molecule has 0 aliphatic heterocycles. The fourth-order valence-corrected chi connectivity index (χ4v) is 9.16. The summed E-state index contributed by atoms with van der Waals surface area (Å²) in [4.78, 5) is 0. The van der Waals surface area contributed by atoms with E-state index in [1.54, 1.807) is 0 Å². The first-order chi connectivity index (χ1) is 14.2. The third-order valence-electron chi connectivity index (χ3n) is 10.8. The Hall–Kier alpha value is -0.340. The van der Waals surface area contributed by atoms with Gasteiger partial charge in [0.2, 0.25) is 0 Å². The lowest BCUT2D eigenvalue weighted by molar-refractivity contribution is -0.0881. The first-order valence-corrected chi connectivity index (χ1v) is 13.2. The molecule has 2 nitrogen and oxygen atoms in total. The van der Waals surface area contributed by atoms with Gasteiger partial charge in [-0.3, -0.25) is 0 Å². The summed E-state index contributed by atoms with van der Waals surface area (Å²) in [5, 5.41) is 20.6. The van der Waals surface area contributed by atoms with Crippen molar-refractivity contribution in [3.05, 3.63) is 11.6 Å². The second-order valence-corrected chi connectivity index (χ2v) is 12.6. The van der Waals surface area contributed by atoms with E-state index in [-0.39, 0.29) is 24.0 Å². The van der Waals surface area contributed by atoms with E-state index < -0.39 is 0 Å². The molecule has 0 aromatic rings. The largest absolute Gasteiger partial charge is 0.396 e. The van der Waals surface area contributed by atoms with Gasteiger partial charge in [0.05, 0.1) is 6.10 Å². The van der Waals surface area contributed by atoms with Crippen LogP contribution in [0.1, 0.15) is 98.8 Å². The maximum absolute atomic E-state index is 10.4. The average Bonchev–Trinajstić information content (AvgIpc) is 3.05. The van der Waals surface area contributed by atoms with E-state index in [0.29, 0.717) is 11.3 Å². The summed E-state index contributed by atoms with van der Waals surface area (Å²) in [6.45, 7) is 12.6. The molecule has 0 heterocycles. The van der Waals surface area contributed by atoms with Gasteiger partial charge in [0.15, 0.2) is 0 Å². The van der Waals surface area contributed by atoms with Crippen LogP contribution < -0.4 is 0 Å². The number of aliphatic hydroxyl groups excluding tert-OH is 2. The van der Waals surface area contributed by atoms with Crippen LogP contribution in [0.4, 0.5) is 0 Å². The zero-order valence-corrected chi connectivity index (χ0v) is 20.4. The Bertz CT molecular complexity index is 639. The Morgan fingerprint density at radius 2 is 1.83 bits per heavy atom. The summed E-state index contributed by atoms with van der Waals surface area (Å²) in [6, 6.07) is 0. The van der Waals surface area contributed by atoms with Crippen molar-refractivity contribution in [2.45, 2.75) is 105 Å². The van der Waals surface area contributed by atoms with Gasteiger partial charge >= 0.3 is 0 Å². The molecule has 2 N–H and O–H groups in total. The minimum Gasteiger partial charge on any atom is -0.396 e. The van der Waals surface area contributed by atoms with E-state index >= 15 is 0 Å². The lowest BCUT2D eigenvalue weighted by Gasteiger charge is -2.60. The van der Waals surface area contributed by atoms with Crippen LogP contribution in [0, 0.1) is 52.3 Å². The molecule has 4 aliphatic carbocycles. The van der Waals surface area contributed by atoms with Crippen LogP contribution in [-0.4, -0.2) is 22.9 Å². The van der Waals surface area contributed by atoms with Crippen LogP contribution in [0.3, 0.4) is 0 Å². The van der Waals surface area contributed by atoms with E-state index in [0.717, 1.165) is 42.4 Å². The summed E-state index contributed by atoms with van der Waals surface area (Å²) < 4.78 is 0. The SMILES string of the molecule is CC(C)CCC[C@@H](C)[C@H]1CC[C@H]2[C@@H]3CC=C4C[C@@H](O)CC(CO)[C@]4(C)[C@H]3CC[C@]12C. The molecule has 4 rings (SSSR count). The van der Waals surface area contributed by atoms with Gasteiger partial charge in [-0.25, -0.2) is 0 Å². The highest BCUT2D eigenvalue weighted by molar-refractivity contribution is 5.27. The molecule has 0 radical (unpaired) electrons.